The number of benzene rings is 3. The summed E-state index contributed by atoms with van der Waals surface area (Å²) in [6.07, 6.45) is 0.970. The Labute approximate surface area is 224 Å². The number of hydrogen-bond acceptors (Lipinski definition) is 4. The third-order valence-electron chi connectivity index (χ3n) is 5.70. The highest BCUT2D eigenvalue weighted by Gasteiger charge is 2.15. The second-order valence-corrected chi connectivity index (χ2v) is 10.7. The minimum atomic E-state index is -0.325. The standard InChI is InChI=1S/C30H35N3O3S/c1-20(2)17-18-36-26-15-11-22(12-16-26)28(35)33-29(37)32-25-8-6-7-24(19-25)31-27(34)21-9-13-23(14-10-21)30(3,4)5/h6-16,19-20H,17-18H2,1-5H3,(H,31,34)(H2,32,33,35,37). The molecule has 37 heavy (non-hydrogen) atoms. The van der Waals surface area contributed by atoms with Crippen LogP contribution in [0.5, 0.6) is 5.75 Å². The summed E-state index contributed by atoms with van der Waals surface area (Å²) in [6.45, 7) is 11.3. The Balaban J connectivity index is 1.54. The Kier molecular flexibility index (Phi) is 9.42. The molecule has 3 N–H and O–H groups in total. The molecule has 194 valence electrons. The van der Waals surface area contributed by atoms with Gasteiger partial charge in [0.05, 0.1) is 6.61 Å². The van der Waals surface area contributed by atoms with E-state index in [0.29, 0.717) is 35.0 Å². The summed E-state index contributed by atoms with van der Waals surface area (Å²) in [4.78, 5) is 25.3. The molecule has 0 aliphatic rings. The van der Waals surface area contributed by atoms with E-state index in [9.17, 15) is 9.59 Å². The van der Waals surface area contributed by atoms with Gasteiger partial charge in [-0.3, -0.25) is 14.9 Å². The van der Waals surface area contributed by atoms with Gasteiger partial charge in [-0.15, -0.1) is 0 Å². The number of nitrogens with one attached hydrogen (secondary N) is 3. The fourth-order valence-electron chi connectivity index (χ4n) is 3.45. The minimum Gasteiger partial charge on any atom is -0.494 e. The molecule has 0 aromatic heterocycles. The smallest absolute Gasteiger partial charge is 0.257 e. The molecule has 0 saturated carbocycles. The van der Waals surface area contributed by atoms with Gasteiger partial charge in [-0.1, -0.05) is 52.8 Å². The van der Waals surface area contributed by atoms with E-state index in [1.807, 2.05) is 24.3 Å². The Morgan fingerprint density at radius 1 is 0.838 bits per heavy atom. The van der Waals surface area contributed by atoms with Gasteiger partial charge >= 0.3 is 0 Å². The molecule has 0 aliphatic carbocycles. The number of carbonyl (C=O) groups is 2. The van der Waals surface area contributed by atoms with E-state index in [1.165, 1.54) is 0 Å². The molecule has 0 atom stereocenters. The van der Waals surface area contributed by atoms with Crippen LogP contribution in [0, 0.1) is 5.92 Å². The van der Waals surface area contributed by atoms with Crippen LogP contribution in [0.3, 0.4) is 0 Å². The lowest BCUT2D eigenvalue weighted by molar-refractivity contribution is 0.0976. The molecule has 0 unspecified atom stereocenters. The van der Waals surface area contributed by atoms with Crippen molar-refractivity contribution in [2.45, 2.75) is 46.5 Å². The van der Waals surface area contributed by atoms with Crippen LogP contribution in [0.4, 0.5) is 11.4 Å². The number of hydrogen-bond donors (Lipinski definition) is 3. The van der Waals surface area contributed by atoms with Gasteiger partial charge < -0.3 is 15.4 Å². The SMILES string of the molecule is CC(C)CCOc1ccc(C(=O)NC(=S)Nc2cccc(NC(=O)c3ccc(C(C)(C)C)cc3)c2)cc1. The van der Waals surface area contributed by atoms with Gasteiger partial charge in [0, 0.05) is 22.5 Å². The first-order valence-electron chi connectivity index (χ1n) is 12.4. The molecule has 0 saturated heterocycles. The van der Waals surface area contributed by atoms with E-state index in [2.05, 4.69) is 50.6 Å². The van der Waals surface area contributed by atoms with E-state index < -0.39 is 0 Å². The molecule has 3 rings (SSSR count). The number of thiocarbonyl (C=S) groups is 1. The second-order valence-electron chi connectivity index (χ2n) is 10.3. The van der Waals surface area contributed by atoms with Crippen LogP contribution in [-0.2, 0) is 5.41 Å². The molecular weight excluding hydrogens is 482 g/mol. The van der Waals surface area contributed by atoms with Crippen molar-refractivity contribution < 1.29 is 14.3 Å². The Morgan fingerprint density at radius 2 is 1.41 bits per heavy atom. The molecule has 0 fully saturated rings. The topological polar surface area (TPSA) is 79.5 Å². The molecule has 0 bridgehead atoms. The summed E-state index contributed by atoms with van der Waals surface area (Å²) < 4.78 is 5.70. The normalized spacial score (nSPS) is 11.1. The lowest BCUT2D eigenvalue weighted by Gasteiger charge is -2.19. The van der Waals surface area contributed by atoms with Crippen molar-refractivity contribution in [3.05, 3.63) is 89.5 Å². The molecule has 3 aromatic carbocycles. The van der Waals surface area contributed by atoms with E-state index in [-0.39, 0.29) is 22.3 Å². The highest BCUT2D eigenvalue weighted by atomic mass is 32.1. The van der Waals surface area contributed by atoms with E-state index in [0.717, 1.165) is 17.7 Å². The zero-order valence-electron chi connectivity index (χ0n) is 22.1. The van der Waals surface area contributed by atoms with Crippen LogP contribution in [0.15, 0.2) is 72.8 Å². The van der Waals surface area contributed by atoms with Gasteiger partial charge in [0.2, 0.25) is 0 Å². The number of amides is 2. The van der Waals surface area contributed by atoms with E-state index in [1.54, 1.807) is 48.5 Å². The van der Waals surface area contributed by atoms with Crippen molar-refractivity contribution >= 4 is 40.5 Å². The zero-order chi connectivity index (χ0) is 27.0. The number of rotatable bonds is 8. The van der Waals surface area contributed by atoms with Gasteiger partial charge in [0.25, 0.3) is 11.8 Å². The average molecular weight is 518 g/mol. The Morgan fingerprint density at radius 3 is 2.00 bits per heavy atom. The third kappa shape index (κ3) is 8.72. The first-order valence-corrected chi connectivity index (χ1v) is 12.8. The maximum atomic E-state index is 12.7. The van der Waals surface area contributed by atoms with Gasteiger partial charge in [-0.05, 0) is 90.1 Å². The van der Waals surface area contributed by atoms with Crippen molar-refractivity contribution in [2.24, 2.45) is 5.92 Å². The molecule has 0 radical (unpaired) electrons. The lowest BCUT2D eigenvalue weighted by atomic mass is 9.87. The number of ether oxygens (including phenoxy) is 1. The summed E-state index contributed by atoms with van der Waals surface area (Å²) in [5.74, 6) is 0.766. The quantitative estimate of drug-likeness (QED) is 0.287. The van der Waals surface area contributed by atoms with Crippen molar-refractivity contribution in [3.8, 4) is 5.75 Å². The lowest BCUT2D eigenvalue weighted by Crippen LogP contribution is -2.34. The predicted molar refractivity (Wildman–Crippen MR) is 155 cm³/mol. The summed E-state index contributed by atoms with van der Waals surface area (Å²) in [7, 11) is 0. The Bertz CT molecular complexity index is 1230. The van der Waals surface area contributed by atoms with Gasteiger partial charge in [0.15, 0.2) is 5.11 Å². The van der Waals surface area contributed by atoms with Crippen LogP contribution in [0.2, 0.25) is 0 Å². The number of anilines is 2. The van der Waals surface area contributed by atoms with Crippen molar-refractivity contribution in [3.63, 3.8) is 0 Å². The van der Waals surface area contributed by atoms with Crippen LogP contribution < -0.4 is 20.7 Å². The van der Waals surface area contributed by atoms with Gasteiger partial charge in [-0.25, -0.2) is 0 Å². The first kappa shape index (κ1) is 27.9. The molecule has 0 aliphatic heterocycles. The summed E-state index contributed by atoms with van der Waals surface area (Å²) in [5.41, 5.74) is 3.48. The van der Waals surface area contributed by atoms with Crippen LogP contribution in [0.25, 0.3) is 0 Å². The fourth-order valence-corrected chi connectivity index (χ4v) is 3.66. The van der Waals surface area contributed by atoms with Gasteiger partial charge in [0.1, 0.15) is 5.75 Å². The van der Waals surface area contributed by atoms with E-state index >= 15 is 0 Å². The summed E-state index contributed by atoms with van der Waals surface area (Å²) >= 11 is 5.31. The molecule has 7 heteroatoms. The molecule has 6 nitrogen and oxygen atoms in total. The first-order chi connectivity index (χ1) is 17.5. The fraction of sp³-hybridized carbons (Fsp3) is 0.300. The van der Waals surface area contributed by atoms with Crippen LogP contribution in [-0.4, -0.2) is 23.5 Å². The molecule has 0 spiro atoms. The highest BCUT2D eigenvalue weighted by Crippen LogP contribution is 2.23. The highest BCUT2D eigenvalue weighted by molar-refractivity contribution is 7.80. The minimum absolute atomic E-state index is 0.0217. The van der Waals surface area contributed by atoms with Crippen molar-refractivity contribution in [1.29, 1.82) is 0 Å². The molecular formula is C30H35N3O3S. The summed E-state index contributed by atoms with van der Waals surface area (Å²) in [6, 6.07) is 21.7. The van der Waals surface area contributed by atoms with Crippen LogP contribution >= 0.6 is 12.2 Å². The Hall–Kier alpha value is -3.71. The van der Waals surface area contributed by atoms with Gasteiger partial charge in [-0.2, -0.15) is 0 Å². The van der Waals surface area contributed by atoms with Crippen molar-refractivity contribution in [1.82, 2.24) is 5.32 Å². The average Bonchev–Trinajstić information content (AvgIpc) is 2.84. The molecule has 3 aromatic rings. The third-order valence-corrected chi connectivity index (χ3v) is 5.90. The number of carbonyl (C=O) groups excluding carboxylic acids is 2. The predicted octanol–water partition coefficient (Wildman–Crippen LogP) is 6.79. The largest absolute Gasteiger partial charge is 0.494 e. The maximum Gasteiger partial charge on any atom is 0.257 e. The molecule has 0 heterocycles. The van der Waals surface area contributed by atoms with Crippen molar-refractivity contribution in [2.75, 3.05) is 17.2 Å². The summed E-state index contributed by atoms with van der Waals surface area (Å²) in [5, 5.41) is 8.73. The maximum absolute atomic E-state index is 12.7. The second kappa shape index (κ2) is 12.5. The molecule has 2 amide bonds. The monoisotopic (exact) mass is 517 g/mol. The van der Waals surface area contributed by atoms with Crippen LogP contribution in [0.1, 0.15) is 67.3 Å². The zero-order valence-corrected chi connectivity index (χ0v) is 22.9. The van der Waals surface area contributed by atoms with E-state index in [4.69, 9.17) is 17.0 Å².